The molecule has 1 rings (SSSR count). The Morgan fingerprint density at radius 1 is 1.47 bits per heavy atom. The van der Waals surface area contributed by atoms with Gasteiger partial charge < -0.3 is 0 Å². The van der Waals surface area contributed by atoms with Crippen molar-refractivity contribution in [2.75, 3.05) is 0 Å². The molecule has 0 aliphatic carbocycles. The average Bonchev–Trinajstić information content (AvgIpc) is 2.17. The number of aromatic nitrogens is 2. The summed E-state index contributed by atoms with van der Waals surface area (Å²) in [6, 6.07) is 0. The molecule has 0 spiro atoms. The fourth-order valence-electron chi connectivity index (χ4n) is 1.20. The molecule has 1 aromatic rings. The Morgan fingerprint density at radius 2 is 2.20 bits per heavy atom. The van der Waals surface area contributed by atoms with Crippen LogP contribution in [0.15, 0.2) is 37.1 Å². The number of hydrogen-bond acceptors (Lipinski definition) is 2. The number of nitrogens with zero attached hydrogens (tertiary/aromatic N) is 2. The Hall–Kier alpha value is -1.41. The van der Waals surface area contributed by atoms with Gasteiger partial charge in [-0.25, -0.2) is 4.98 Å². The molecule has 0 aromatic carbocycles. The van der Waals surface area contributed by atoms with Gasteiger partial charge in [-0.1, -0.05) is 42.5 Å². The van der Waals surface area contributed by atoms with Crippen molar-refractivity contribution in [2.24, 2.45) is 0 Å². The van der Waals surface area contributed by atoms with E-state index in [4.69, 9.17) is 11.6 Å². The van der Waals surface area contributed by atoms with Gasteiger partial charge in [0, 0.05) is 0 Å². The van der Waals surface area contributed by atoms with Crippen molar-refractivity contribution in [2.45, 2.75) is 13.8 Å². The van der Waals surface area contributed by atoms with Gasteiger partial charge >= 0.3 is 0 Å². The van der Waals surface area contributed by atoms with Gasteiger partial charge in [-0.3, -0.25) is 4.98 Å². The molecule has 0 N–H and O–H groups in total. The van der Waals surface area contributed by atoms with E-state index in [1.54, 1.807) is 12.3 Å². The fourth-order valence-corrected chi connectivity index (χ4v) is 1.37. The largest absolute Gasteiger partial charge is 0.251 e. The van der Waals surface area contributed by atoms with Crippen LogP contribution in [0.3, 0.4) is 0 Å². The first-order chi connectivity index (χ1) is 7.15. The highest BCUT2D eigenvalue weighted by Gasteiger charge is 2.03. The Kier molecular flexibility index (Phi) is 4.25. The topological polar surface area (TPSA) is 25.8 Å². The third kappa shape index (κ3) is 3.33. The second-order valence-corrected chi connectivity index (χ2v) is 3.48. The number of aryl methyl sites for hydroxylation is 1. The van der Waals surface area contributed by atoms with Crippen LogP contribution in [0.4, 0.5) is 0 Å². The van der Waals surface area contributed by atoms with Crippen molar-refractivity contribution in [1.82, 2.24) is 9.97 Å². The van der Waals surface area contributed by atoms with Crippen LogP contribution in [-0.2, 0) is 0 Å². The summed E-state index contributed by atoms with van der Waals surface area (Å²) >= 11 is 5.73. The van der Waals surface area contributed by atoms with E-state index in [9.17, 15) is 0 Å². The van der Waals surface area contributed by atoms with Crippen LogP contribution < -0.4 is 0 Å². The van der Waals surface area contributed by atoms with E-state index >= 15 is 0 Å². The van der Waals surface area contributed by atoms with Crippen molar-refractivity contribution < 1.29 is 0 Å². The lowest BCUT2D eigenvalue weighted by atomic mass is 10.1. The molecule has 0 saturated heterocycles. The zero-order chi connectivity index (χ0) is 11.3. The van der Waals surface area contributed by atoms with Crippen LogP contribution in [0, 0.1) is 6.92 Å². The summed E-state index contributed by atoms with van der Waals surface area (Å²) < 4.78 is 0. The van der Waals surface area contributed by atoms with E-state index in [1.165, 1.54) is 0 Å². The third-order valence-electron chi connectivity index (χ3n) is 1.88. The molecule has 78 valence electrons. The summed E-state index contributed by atoms with van der Waals surface area (Å²) in [6.07, 6.45) is 9.02. The molecule has 0 bridgehead atoms. The highest BCUT2D eigenvalue weighted by atomic mass is 35.5. The Balaban J connectivity index is 3.00. The minimum absolute atomic E-state index is 0.422. The van der Waals surface area contributed by atoms with Gasteiger partial charge in [-0.15, -0.1) is 0 Å². The van der Waals surface area contributed by atoms with Gasteiger partial charge in [-0.05, 0) is 19.4 Å². The molecule has 1 heterocycles. The van der Waals surface area contributed by atoms with E-state index in [-0.39, 0.29) is 0 Å². The summed E-state index contributed by atoms with van der Waals surface area (Å²) in [5.74, 6) is 0. The zero-order valence-electron chi connectivity index (χ0n) is 8.87. The normalized spacial score (nSPS) is 12.1. The summed E-state index contributed by atoms with van der Waals surface area (Å²) in [4.78, 5) is 8.37. The summed E-state index contributed by atoms with van der Waals surface area (Å²) in [5, 5.41) is 0.422. The number of hydrogen-bond donors (Lipinski definition) is 0. The van der Waals surface area contributed by atoms with Crippen LogP contribution in [0.5, 0.6) is 0 Å². The van der Waals surface area contributed by atoms with Crippen LogP contribution in [0.1, 0.15) is 18.3 Å². The second kappa shape index (κ2) is 5.47. The molecule has 3 heteroatoms. The summed E-state index contributed by atoms with van der Waals surface area (Å²) in [7, 11) is 0. The minimum atomic E-state index is 0.422. The standard InChI is InChI=1S/C12H13ClN2/c1-4-5-6-7-9(2)12-10(3)15-11(13)8-14-12/h4-8H,1H2,2-3H3/b6-5-,9-7+. The maximum absolute atomic E-state index is 5.73. The number of rotatable bonds is 3. The lowest BCUT2D eigenvalue weighted by Crippen LogP contribution is -1.94. The zero-order valence-corrected chi connectivity index (χ0v) is 9.62. The lowest BCUT2D eigenvalue weighted by Gasteiger charge is -2.03. The molecule has 2 nitrogen and oxygen atoms in total. The molecular weight excluding hydrogens is 208 g/mol. The fraction of sp³-hybridized carbons (Fsp3) is 0.167. The van der Waals surface area contributed by atoms with E-state index in [0.717, 1.165) is 17.0 Å². The maximum Gasteiger partial charge on any atom is 0.147 e. The van der Waals surface area contributed by atoms with E-state index in [1.807, 2.05) is 32.1 Å². The van der Waals surface area contributed by atoms with Crippen LogP contribution in [0.25, 0.3) is 5.57 Å². The van der Waals surface area contributed by atoms with Gasteiger partial charge in [0.15, 0.2) is 0 Å². The molecule has 0 atom stereocenters. The van der Waals surface area contributed by atoms with Crippen molar-refractivity contribution in [3.63, 3.8) is 0 Å². The van der Waals surface area contributed by atoms with E-state index in [0.29, 0.717) is 5.15 Å². The van der Waals surface area contributed by atoms with Gasteiger partial charge in [0.25, 0.3) is 0 Å². The maximum atomic E-state index is 5.73. The van der Waals surface area contributed by atoms with Gasteiger partial charge in [-0.2, -0.15) is 0 Å². The third-order valence-corrected chi connectivity index (χ3v) is 2.07. The quantitative estimate of drug-likeness (QED) is 0.728. The minimum Gasteiger partial charge on any atom is -0.251 e. The Labute approximate surface area is 95.0 Å². The number of allylic oxidation sites excluding steroid dienone is 5. The summed E-state index contributed by atoms with van der Waals surface area (Å²) in [6.45, 7) is 7.47. The predicted octanol–water partition coefficient (Wildman–Crippen LogP) is 3.58. The average molecular weight is 221 g/mol. The first-order valence-electron chi connectivity index (χ1n) is 4.60. The van der Waals surface area contributed by atoms with Crippen LogP contribution >= 0.6 is 11.6 Å². The smallest absolute Gasteiger partial charge is 0.147 e. The molecule has 0 aliphatic rings. The Morgan fingerprint density at radius 3 is 2.80 bits per heavy atom. The van der Waals surface area contributed by atoms with Gasteiger partial charge in [0.2, 0.25) is 0 Å². The molecule has 1 aromatic heterocycles. The van der Waals surface area contributed by atoms with Crippen LogP contribution in [0.2, 0.25) is 5.15 Å². The first kappa shape index (κ1) is 11.7. The molecule has 0 radical (unpaired) electrons. The highest BCUT2D eigenvalue weighted by Crippen LogP contribution is 2.15. The molecule has 0 unspecified atom stereocenters. The Bertz CT molecular complexity index is 420. The number of halogens is 1. The summed E-state index contributed by atoms with van der Waals surface area (Å²) in [5.41, 5.74) is 2.76. The molecule has 15 heavy (non-hydrogen) atoms. The molecule has 0 aliphatic heterocycles. The lowest BCUT2D eigenvalue weighted by molar-refractivity contribution is 1.09. The first-order valence-corrected chi connectivity index (χ1v) is 4.98. The van der Waals surface area contributed by atoms with Crippen molar-refractivity contribution in [1.29, 1.82) is 0 Å². The predicted molar refractivity (Wildman–Crippen MR) is 64.8 cm³/mol. The molecule has 0 saturated carbocycles. The van der Waals surface area contributed by atoms with Crippen molar-refractivity contribution in [3.8, 4) is 0 Å². The monoisotopic (exact) mass is 220 g/mol. The van der Waals surface area contributed by atoms with Gasteiger partial charge in [0.1, 0.15) is 5.15 Å². The van der Waals surface area contributed by atoms with Crippen molar-refractivity contribution >= 4 is 17.2 Å². The SMILES string of the molecule is C=C/C=C\C=C(/C)c1ncc(Cl)nc1C. The highest BCUT2D eigenvalue weighted by molar-refractivity contribution is 6.29. The van der Waals surface area contributed by atoms with Crippen LogP contribution in [-0.4, -0.2) is 9.97 Å². The van der Waals surface area contributed by atoms with E-state index < -0.39 is 0 Å². The van der Waals surface area contributed by atoms with E-state index in [2.05, 4.69) is 16.5 Å². The molecular formula is C12H13ClN2. The van der Waals surface area contributed by atoms with Crippen molar-refractivity contribution in [3.05, 3.63) is 53.6 Å². The molecule has 0 amide bonds. The second-order valence-electron chi connectivity index (χ2n) is 3.10. The van der Waals surface area contributed by atoms with Gasteiger partial charge in [0.05, 0.1) is 17.6 Å². The molecule has 0 fully saturated rings.